The number of aromatic nitrogens is 5. The van der Waals surface area contributed by atoms with Crippen LogP contribution in [0.25, 0.3) is 5.65 Å². The van der Waals surface area contributed by atoms with Crippen molar-refractivity contribution in [3.05, 3.63) is 35.9 Å². The molecule has 11 nitrogen and oxygen atoms in total. The number of nitrogens with zero attached hydrogens (tertiary/aromatic N) is 6. The summed E-state index contributed by atoms with van der Waals surface area (Å²) in [5, 5.41) is 20.4. The Labute approximate surface area is 210 Å². The van der Waals surface area contributed by atoms with Crippen LogP contribution in [0.1, 0.15) is 35.3 Å². The van der Waals surface area contributed by atoms with Crippen molar-refractivity contribution in [1.82, 2.24) is 29.7 Å². The molecule has 2 aliphatic rings. The quantitative estimate of drug-likeness (QED) is 0.426. The van der Waals surface area contributed by atoms with Gasteiger partial charge in [-0.05, 0) is 31.9 Å². The summed E-state index contributed by atoms with van der Waals surface area (Å²) in [5.41, 5.74) is -1.08. The molecule has 3 N–H and O–H groups in total. The number of carbonyl (C=O) groups is 2. The number of carbonyl (C=O) groups excluding carboxylic acids is 1. The summed E-state index contributed by atoms with van der Waals surface area (Å²) >= 11 is 0. The Hall–Kier alpha value is -3.89. The molecule has 206 valence electrons. The number of aliphatic carboxylic acids is 1. The van der Waals surface area contributed by atoms with Crippen LogP contribution in [-0.4, -0.2) is 72.7 Å². The van der Waals surface area contributed by atoms with Gasteiger partial charge in [-0.3, -0.25) is 9.48 Å². The van der Waals surface area contributed by atoms with Gasteiger partial charge in [0.2, 0.25) is 0 Å². The molecule has 1 spiro atoms. The molecule has 2 fully saturated rings. The number of carboxylic acid groups (broad SMARTS) is 1. The van der Waals surface area contributed by atoms with Crippen LogP contribution in [0, 0.1) is 0 Å². The third-order valence-corrected chi connectivity index (χ3v) is 6.14. The van der Waals surface area contributed by atoms with Crippen molar-refractivity contribution < 1.29 is 41.0 Å². The van der Waals surface area contributed by atoms with E-state index in [2.05, 4.69) is 30.7 Å². The van der Waals surface area contributed by atoms with Gasteiger partial charge >= 0.3 is 18.3 Å². The lowest BCUT2D eigenvalue weighted by atomic mass is 10.1. The topological polar surface area (TPSA) is 130 Å². The van der Waals surface area contributed by atoms with E-state index in [-0.39, 0.29) is 11.1 Å². The lowest BCUT2D eigenvalue weighted by Gasteiger charge is -2.31. The first-order chi connectivity index (χ1) is 17.7. The number of alkyl halides is 6. The highest BCUT2D eigenvalue weighted by atomic mass is 19.4. The molecule has 38 heavy (non-hydrogen) atoms. The Morgan fingerprint density at radius 2 is 1.82 bits per heavy atom. The van der Waals surface area contributed by atoms with E-state index in [0.29, 0.717) is 5.65 Å². The van der Waals surface area contributed by atoms with Crippen molar-refractivity contribution in [3.8, 4) is 0 Å². The summed E-state index contributed by atoms with van der Waals surface area (Å²) in [5.74, 6) is -2.75. The SMILES string of the molecule is Cn1cc(NC(=O)c2cnn3ccc(N4CCNCCC45CC5)nc23)c(C(F)(F)F)n1.O=C(O)C(F)(F)F. The number of carboxylic acids is 1. The van der Waals surface area contributed by atoms with Crippen molar-refractivity contribution in [3.63, 3.8) is 0 Å². The number of hydrogen-bond acceptors (Lipinski definition) is 7. The zero-order chi connectivity index (χ0) is 27.9. The Kier molecular flexibility index (Phi) is 6.98. The second-order valence-electron chi connectivity index (χ2n) is 8.81. The van der Waals surface area contributed by atoms with Crippen molar-refractivity contribution >= 4 is 29.0 Å². The average molecular weight is 548 g/mol. The number of anilines is 2. The smallest absolute Gasteiger partial charge is 0.475 e. The minimum Gasteiger partial charge on any atom is -0.475 e. The fourth-order valence-corrected chi connectivity index (χ4v) is 4.18. The summed E-state index contributed by atoms with van der Waals surface area (Å²) in [6.07, 6.45) is -2.42. The van der Waals surface area contributed by atoms with Crippen LogP contribution in [-0.2, 0) is 18.0 Å². The van der Waals surface area contributed by atoms with E-state index in [0.717, 1.165) is 55.6 Å². The summed E-state index contributed by atoms with van der Waals surface area (Å²) in [4.78, 5) is 28.7. The molecule has 0 atom stereocenters. The van der Waals surface area contributed by atoms with Gasteiger partial charge < -0.3 is 20.6 Å². The Morgan fingerprint density at radius 3 is 2.42 bits per heavy atom. The van der Waals surface area contributed by atoms with Gasteiger partial charge in [-0.2, -0.15) is 36.5 Å². The molecule has 0 bridgehead atoms. The highest BCUT2D eigenvalue weighted by Crippen LogP contribution is 2.46. The summed E-state index contributed by atoms with van der Waals surface area (Å²) in [6, 6.07) is 1.86. The lowest BCUT2D eigenvalue weighted by molar-refractivity contribution is -0.192. The minimum atomic E-state index is -5.08. The van der Waals surface area contributed by atoms with E-state index in [4.69, 9.17) is 9.90 Å². The van der Waals surface area contributed by atoms with Crippen LogP contribution in [0.5, 0.6) is 0 Å². The van der Waals surface area contributed by atoms with Crippen LogP contribution in [0.15, 0.2) is 24.7 Å². The van der Waals surface area contributed by atoms with Crippen molar-refractivity contribution in [2.75, 3.05) is 29.9 Å². The highest BCUT2D eigenvalue weighted by Gasteiger charge is 2.48. The van der Waals surface area contributed by atoms with E-state index in [1.807, 2.05) is 6.07 Å². The number of aryl methyl sites for hydroxylation is 1. The Bertz CT molecular complexity index is 1340. The van der Waals surface area contributed by atoms with Gasteiger partial charge in [-0.15, -0.1) is 0 Å². The predicted octanol–water partition coefficient (Wildman–Crippen LogP) is 2.70. The molecule has 0 radical (unpaired) electrons. The number of hydrogen-bond donors (Lipinski definition) is 3. The second-order valence-corrected chi connectivity index (χ2v) is 8.81. The highest BCUT2D eigenvalue weighted by molar-refractivity contribution is 6.08. The molecule has 1 aliphatic heterocycles. The number of rotatable bonds is 3. The largest absolute Gasteiger partial charge is 0.490 e. The fourth-order valence-electron chi connectivity index (χ4n) is 4.18. The minimum absolute atomic E-state index is 0.0919. The molecule has 0 unspecified atom stereocenters. The molecule has 1 amide bonds. The van der Waals surface area contributed by atoms with Crippen molar-refractivity contribution in [2.24, 2.45) is 7.05 Å². The second kappa shape index (κ2) is 9.77. The summed E-state index contributed by atoms with van der Waals surface area (Å²) < 4.78 is 73.8. The van der Waals surface area contributed by atoms with E-state index in [1.165, 1.54) is 17.8 Å². The van der Waals surface area contributed by atoms with Crippen LogP contribution < -0.4 is 15.5 Å². The standard InChI is InChI=1S/C19H21F3N8O.C2HF3O2/c1-28-11-13(15(27-28)19(20,21)22)25-17(31)12-10-24-30-8-2-14(26-16(12)30)29-9-7-23-6-5-18(29)3-4-18;3-2(4,5)1(6)7/h2,8,10-11,23H,3-7,9H2,1H3,(H,25,31);(H,6,7). The van der Waals surface area contributed by atoms with Gasteiger partial charge in [-0.25, -0.2) is 14.3 Å². The van der Waals surface area contributed by atoms with E-state index < -0.39 is 35.6 Å². The molecule has 17 heteroatoms. The Balaban J connectivity index is 0.000000426. The molecular formula is C21H22F6N8O3. The van der Waals surface area contributed by atoms with Gasteiger partial charge in [-0.1, -0.05) is 0 Å². The molecule has 0 aromatic carbocycles. The predicted molar refractivity (Wildman–Crippen MR) is 120 cm³/mol. The average Bonchev–Trinajstić information content (AvgIpc) is 3.39. The van der Waals surface area contributed by atoms with Gasteiger partial charge in [0.15, 0.2) is 11.3 Å². The zero-order valence-electron chi connectivity index (χ0n) is 19.8. The molecule has 3 aromatic heterocycles. The van der Waals surface area contributed by atoms with Crippen molar-refractivity contribution in [1.29, 1.82) is 0 Å². The van der Waals surface area contributed by atoms with Gasteiger partial charge in [0.1, 0.15) is 11.4 Å². The first-order valence-electron chi connectivity index (χ1n) is 11.3. The zero-order valence-corrected chi connectivity index (χ0v) is 19.8. The molecular weight excluding hydrogens is 526 g/mol. The molecule has 5 rings (SSSR count). The van der Waals surface area contributed by atoms with Gasteiger partial charge in [0.25, 0.3) is 5.91 Å². The van der Waals surface area contributed by atoms with Gasteiger partial charge in [0, 0.05) is 38.1 Å². The number of fused-ring (bicyclic) bond motifs is 1. The maximum absolute atomic E-state index is 13.2. The Morgan fingerprint density at radius 1 is 1.13 bits per heavy atom. The van der Waals surface area contributed by atoms with Crippen LogP contribution in [0.4, 0.5) is 37.8 Å². The first kappa shape index (κ1) is 27.2. The molecule has 3 aromatic rings. The van der Waals surface area contributed by atoms with Crippen LogP contribution >= 0.6 is 0 Å². The molecule has 4 heterocycles. The number of halogens is 6. The normalized spacial score (nSPS) is 17.1. The monoisotopic (exact) mass is 548 g/mol. The molecule has 1 saturated carbocycles. The fraction of sp³-hybridized carbons (Fsp3) is 0.476. The number of nitrogens with one attached hydrogen (secondary N) is 2. The third-order valence-electron chi connectivity index (χ3n) is 6.14. The molecule has 1 aliphatic carbocycles. The van der Waals surface area contributed by atoms with Crippen LogP contribution in [0.3, 0.4) is 0 Å². The third kappa shape index (κ3) is 5.66. The van der Waals surface area contributed by atoms with Crippen LogP contribution in [0.2, 0.25) is 0 Å². The summed E-state index contributed by atoms with van der Waals surface area (Å²) in [6.45, 7) is 2.58. The van der Waals surface area contributed by atoms with E-state index >= 15 is 0 Å². The van der Waals surface area contributed by atoms with Crippen molar-refractivity contribution in [2.45, 2.75) is 37.2 Å². The maximum Gasteiger partial charge on any atom is 0.490 e. The lowest BCUT2D eigenvalue weighted by Crippen LogP contribution is -2.39. The van der Waals surface area contributed by atoms with E-state index in [1.54, 1.807) is 6.20 Å². The first-order valence-corrected chi connectivity index (χ1v) is 11.3. The number of amides is 1. The maximum atomic E-state index is 13.2. The molecule has 1 saturated heterocycles. The summed E-state index contributed by atoms with van der Waals surface area (Å²) in [7, 11) is 1.36. The van der Waals surface area contributed by atoms with E-state index in [9.17, 15) is 31.1 Å². The van der Waals surface area contributed by atoms with Gasteiger partial charge in [0.05, 0.1) is 11.9 Å².